The SMILES string of the molecule is CCC(=O)N[C@H](Cc1ccc(NC(=O)[C@@H](NC(=O)c2ccnn2C(C)C)C2CCC(F)(F)CC2)cc1)C(O)N1CCN(Cc2ccccc2)CC1. The summed E-state index contributed by atoms with van der Waals surface area (Å²) >= 11 is 0. The summed E-state index contributed by atoms with van der Waals surface area (Å²) in [6.45, 7) is 9.29. The Morgan fingerprint density at radius 3 is 2.22 bits per heavy atom. The van der Waals surface area contributed by atoms with Crippen LogP contribution in [0.2, 0.25) is 0 Å². The number of carbonyl (C=O) groups excluding carboxylic acids is 3. The second-order valence-corrected chi connectivity index (χ2v) is 14.0. The highest BCUT2D eigenvalue weighted by Crippen LogP contribution is 2.38. The fourth-order valence-electron chi connectivity index (χ4n) is 6.93. The van der Waals surface area contributed by atoms with Crippen LogP contribution in [0.25, 0.3) is 0 Å². The maximum absolute atomic E-state index is 14.0. The summed E-state index contributed by atoms with van der Waals surface area (Å²) in [4.78, 5) is 43.8. The van der Waals surface area contributed by atoms with Crippen molar-refractivity contribution >= 4 is 23.4 Å². The third kappa shape index (κ3) is 10.4. The monoisotopic (exact) mass is 707 g/mol. The normalized spacial score (nSPS) is 18.9. The summed E-state index contributed by atoms with van der Waals surface area (Å²) in [5.41, 5.74) is 2.85. The first-order chi connectivity index (χ1) is 24.4. The zero-order valence-corrected chi connectivity index (χ0v) is 29.7. The Morgan fingerprint density at radius 1 is 0.922 bits per heavy atom. The van der Waals surface area contributed by atoms with Gasteiger partial charge >= 0.3 is 0 Å². The number of anilines is 1. The summed E-state index contributed by atoms with van der Waals surface area (Å²) in [7, 11) is 0. The first kappa shape index (κ1) is 38.0. The molecule has 3 aromatic rings. The number of nitrogens with one attached hydrogen (secondary N) is 3. The fraction of sp³-hybridized carbons (Fsp3) is 0.526. The van der Waals surface area contributed by atoms with Gasteiger partial charge in [0.2, 0.25) is 17.7 Å². The molecule has 11 nitrogen and oxygen atoms in total. The van der Waals surface area contributed by atoms with E-state index in [-0.39, 0.29) is 49.7 Å². The number of benzene rings is 2. The maximum Gasteiger partial charge on any atom is 0.270 e. The van der Waals surface area contributed by atoms with Gasteiger partial charge in [-0.2, -0.15) is 5.10 Å². The Balaban J connectivity index is 1.22. The molecule has 1 aromatic heterocycles. The number of hydrogen-bond acceptors (Lipinski definition) is 7. The van der Waals surface area contributed by atoms with Gasteiger partial charge in [-0.25, -0.2) is 8.78 Å². The number of hydrogen-bond donors (Lipinski definition) is 4. The fourth-order valence-corrected chi connectivity index (χ4v) is 6.93. The van der Waals surface area contributed by atoms with Crippen molar-refractivity contribution in [1.82, 2.24) is 30.2 Å². The maximum atomic E-state index is 14.0. The molecule has 13 heteroatoms. The predicted octanol–water partition coefficient (Wildman–Crippen LogP) is 4.60. The van der Waals surface area contributed by atoms with Crippen LogP contribution < -0.4 is 16.0 Å². The molecule has 1 saturated carbocycles. The van der Waals surface area contributed by atoms with E-state index in [1.807, 2.05) is 49.1 Å². The highest BCUT2D eigenvalue weighted by Gasteiger charge is 2.41. The number of aliphatic hydroxyl groups excluding tert-OH is 1. The van der Waals surface area contributed by atoms with Gasteiger partial charge in [0.05, 0.1) is 6.04 Å². The second-order valence-electron chi connectivity index (χ2n) is 14.0. The Bertz CT molecular complexity index is 1580. The number of aliphatic hydroxyl groups is 1. The molecular formula is C38H51F2N7O4. The predicted molar refractivity (Wildman–Crippen MR) is 191 cm³/mol. The van der Waals surface area contributed by atoms with Crippen LogP contribution in [0, 0.1) is 5.92 Å². The molecule has 1 aliphatic heterocycles. The van der Waals surface area contributed by atoms with Crippen molar-refractivity contribution in [3.63, 3.8) is 0 Å². The van der Waals surface area contributed by atoms with Crippen LogP contribution >= 0.6 is 0 Å². The molecule has 3 amide bonds. The van der Waals surface area contributed by atoms with E-state index in [1.165, 1.54) is 11.8 Å². The molecule has 276 valence electrons. The summed E-state index contributed by atoms with van der Waals surface area (Å²) in [6.07, 6.45) is 0.780. The lowest BCUT2D eigenvalue weighted by Crippen LogP contribution is -2.57. The highest BCUT2D eigenvalue weighted by molar-refractivity contribution is 6.00. The molecule has 2 aromatic carbocycles. The molecule has 4 N–H and O–H groups in total. The van der Waals surface area contributed by atoms with Gasteiger partial charge in [-0.15, -0.1) is 0 Å². The Labute approximate surface area is 298 Å². The number of halogens is 2. The van der Waals surface area contributed by atoms with Crippen LogP contribution in [0.1, 0.15) is 80.5 Å². The van der Waals surface area contributed by atoms with Crippen molar-refractivity contribution in [1.29, 1.82) is 0 Å². The summed E-state index contributed by atoms with van der Waals surface area (Å²) in [6, 6.07) is 17.3. The number of nitrogens with zero attached hydrogens (tertiary/aromatic N) is 4. The summed E-state index contributed by atoms with van der Waals surface area (Å²) < 4.78 is 29.6. The molecule has 2 fully saturated rings. The smallest absolute Gasteiger partial charge is 0.270 e. The average molecular weight is 708 g/mol. The lowest BCUT2D eigenvalue weighted by molar-refractivity contribution is -0.124. The van der Waals surface area contributed by atoms with Crippen molar-refractivity contribution < 1.29 is 28.3 Å². The summed E-state index contributed by atoms with van der Waals surface area (Å²) in [5.74, 6) is -4.39. The van der Waals surface area contributed by atoms with Gasteiger partial charge < -0.3 is 21.1 Å². The van der Waals surface area contributed by atoms with Crippen LogP contribution in [-0.2, 0) is 22.6 Å². The van der Waals surface area contributed by atoms with E-state index in [1.54, 1.807) is 29.8 Å². The number of aromatic nitrogens is 2. The third-order valence-electron chi connectivity index (χ3n) is 9.93. The highest BCUT2D eigenvalue weighted by atomic mass is 19.3. The molecule has 2 heterocycles. The standard InChI is InChI=1S/C38H51F2N7O4/c1-4-33(48)43-31(37(51)46-22-20-45(21-23-46)25-28-8-6-5-7-9-28)24-27-10-12-30(13-11-27)42-36(50)34(29-14-17-38(39,40)18-15-29)44-35(49)32-16-19-41-47(32)26(2)3/h5-13,16,19,26,29,31,34,37,51H,4,14-15,17-18,20-25H2,1-3H3,(H,42,50)(H,43,48)(H,44,49)/t31-,34+,37?/m1/s1. The zero-order valence-electron chi connectivity index (χ0n) is 29.7. The van der Waals surface area contributed by atoms with Gasteiger partial charge in [-0.3, -0.25) is 28.9 Å². The number of piperazine rings is 1. The van der Waals surface area contributed by atoms with Crippen molar-refractivity contribution in [3.8, 4) is 0 Å². The molecule has 1 saturated heterocycles. The first-order valence-electron chi connectivity index (χ1n) is 18.0. The number of amides is 3. The van der Waals surface area contributed by atoms with Gasteiger partial charge in [0.1, 0.15) is 18.0 Å². The third-order valence-corrected chi connectivity index (χ3v) is 9.93. The van der Waals surface area contributed by atoms with E-state index < -0.39 is 42.0 Å². The molecule has 2 aliphatic rings. The molecule has 0 radical (unpaired) electrons. The summed E-state index contributed by atoms with van der Waals surface area (Å²) in [5, 5.41) is 24.3. The molecule has 5 rings (SSSR count). The largest absolute Gasteiger partial charge is 0.376 e. The van der Waals surface area contributed by atoms with Gasteiger partial charge in [0.25, 0.3) is 5.91 Å². The minimum Gasteiger partial charge on any atom is -0.376 e. The minimum absolute atomic E-state index is 0.0916. The van der Waals surface area contributed by atoms with Gasteiger partial charge in [-0.05, 0) is 68.4 Å². The molecular weight excluding hydrogens is 656 g/mol. The Kier molecular flexibility index (Phi) is 12.9. The van der Waals surface area contributed by atoms with Crippen LogP contribution in [-0.4, -0.2) is 92.8 Å². The van der Waals surface area contributed by atoms with Gasteiger partial charge in [0.15, 0.2) is 0 Å². The molecule has 0 spiro atoms. The van der Waals surface area contributed by atoms with Gasteiger partial charge in [-0.1, -0.05) is 49.4 Å². The lowest BCUT2D eigenvalue weighted by Gasteiger charge is -2.40. The van der Waals surface area contributed by atoms with E-state index in [4.69, 9.17) is 0 Å². The molecule has 1 unspecified atom stereocenters. The van der Waals surface area contributed by atoms with E-state index in [0.717, 1.165) is 25.2 Å². The first-order valence-corrected chi connectivity index (χ1v) is 18.0. The minimum atomic E-state index is -2.79. The zero-order chi connectivity index (χ0) is 36.5. The van der Waals surface area contributed by atoms with Crippen molar-refractivity contribution in [3.05, 3.63) is 83.7 Å². The molecule has 0 bridgehead atoms. The Morgan fingerprint density at radius 2 is 1.59 bits per heavy atom. The van der Waals surface area contributed by atoms with Crippen molar-refractivity contribution in [2.75, 3.05) is 31.5 Å². The Hall–Kier alpha value is -4.20. The van der Waals surface area contributed by atoms with E-state index >= 15 is 0 Å². The number of rotatable bonds is 14. The average Bonchev–Trinajstić information content (AvgIpc) is 3.63. The van der Waals surface area contributed by atoms with Crippen molar-refractivity contribution in [2.24, 2.45) is 5.92 Å². The topological polar surface area (TPSA) is 132 Å². The van der Waals surface area contributed by atoms with Crippen molar-refractivity contribution in [2.45, 2.75) is 96.1 Å². The second kappa shape index (κ2) is 17.3. The lowest BCUT2D eigenvalue weighted by atomic mass is 9.81. The molecule has 1 aliphatic carbocycles. The van der Waals surface area contributed by atoms with E-state index in [2.05, 4.69) is 38.1 Å². The van der Waals surface area contributed by atoms with Crippen LogP contribution in [0.4, 0.5) is 14.5 Å². The van der Waals surface area contributed by atoms with Gasteiger partial charge in [0, 0.05) is 69.9 Å². The molecule has 3 atom stereocenters. The quantitative estimate of drug-likeness (QED) is 0.193. The molecule has 51 heavy (non-hydrogen) atoms. The van der Waals surface area contributed by atoms with Crippen LogP contribution in [0.3, 0.4) is 0 Å². The number of alkyl halides is 2. The van der Waals surface area contributed by atoms with Crippen LogP contribution in [0.5, 0.6) is 0 Å². The van der Waals surface area contributed by atoms with E-state index in [9.17, 15) is 28.3 Å². The van der Waals surface area contributed by atoms with E-state index in [0.29, 0.717) is 25.2 Å². The number of carbonyl (C=O) groups is 3. The van der Waals surface area contributed by atoms with Crippen LogP contribution in [0.15, 0.2) is 66.9 Å².